The maximum atomic E-state index is 13.0. The first-order chi connectivity index (χ1) is 18.9. The Morgan fingerprint density at radius 2 is 1.52 bits per heavy atom. The predicted molar refractivity (Wildman–Crippen MR) is 160 cm³/mol. The molecule has 1 atom stereocenters. The Labute approximate surface area is 240 Å². The van der Waals surface area contributed by atoms with Crippen molar-refractivity contribution in [3.05, 3.63) is 59.2 Å². The molecule has 1 N–H and O–H groups in total. The number of rotatable bonds is 14. The molecule has 4 amide bonds. The molecule has 0 aromatic heterocycles. The van der Waals surface area contributed by atoms with Crippen molar-refractivity contribution in [2.45, 2.75) is 70.6 Å². The Bertz CT molecular complexity index is 1200. The summed E-state index contributed by atoms with van der Waals surface area (Å²) in [5, 5.41) is 0. The monoisotopic (exact) mass is 565 g/mol. The van der Waals surface area contributed by atoms with Gasteiger partial charge in [0.2, 0.25) is 5.91 Å². The smallest absolute Gasteiger partial charge is 0.328 e. The van der Waals surface area contributed by atoms with E-state index in [2.05, 4.69) is 27.2 Å². The molecule has 216 valence electrons. The largest absolute Gasteiger partial charge is 0.352 e. The van der Waals surface area contributed by atoms with E-state index < -0.39 is 13.5 Å². The number of amides is 4. The second-order valence-corrected chi connectivity index (χ2v) is 18.9. The highest BCUT2D eigenvalue weighted by Gasteiger charge is 2.52. The fourth-order valence-electron chi connectivity index (χ4n) is 6.50. The summed E-state index contributed by atoms with van der Waals surface area (Å²) in [5.74, 6) is -0.294. The highest BCUT2D eigenvalue weighted by atomic mass is 28.3. The standard InChI is InChI=1S/C32H46N3O4Si/c1-32-18-10-9-17-27(32)30(38)34(31(32)39)20-14-24-40(4,5)23-12-6-11-21-35(2,3)22-13-19-33-28(36)25-15-7-8-16-26(25)29(33)37/h7-10,15-17H,6,11-14,18-24H2,1-5H3/q+1/p+1. The molecule has 1 saturated heterocycles. The molecule has 0 spiro atoms. The number of carbonyl (C=O) groups excluding carboxylic acids is 4. The summed E-state index contributed by atoms with van der Waals surface area (Å²) in [6.07, 6.45) is 11.6. The topological polar surface area (TPSA) is 76.0 Å². The lowest BCUT2D eigenvalue weighted by Crippen LogP contribution is -3.15. The Morgan fingerprint density at radius 3 is 2.17 bits per heavy atom. The zero-order valence-electron chi connectivity index (χ0n) is 25.1. The number of hydrogen-bond donors (Lipinski definition) is 1. The number of unbranched alkanes of at least 4 members (excludes halogenated alkanes) is 2. The van der Waals surface area contributed by atoms with Gasteiger partial charge in [0.05, 0.1) is 50.3 Å². The number of allylic oxidation sites excluding steroid dienone is 3. The van der Waals surface area contributed by atoms with Gasteiger partial charge in [-0.1, -0.05) is 62.0 Å². The van der Waals surface area contributed by atoms with Gasteiger partial charge in [0.1, 0.15) is 0 Å². The summed E-state index contributed by atoms with van der Waals surface area (Å²) >= 11 is 0. The molecule has 1 fully saturated rings. The van der Waals surface area contributed by atoms with Crippen LogP contribution in [0.4, 0.5) is 0 Å². The Kier molecular flexibility index (Phi) is 9.12. The number of nitrogens with zero attached hydrogens (tertiary/aromatic N) is 2. The van der Waals surface area contributed by atoms with Crippen molar-refractivity contribution in [2.24, 2.45) is 5.41 Å². The molecule has 1 unspecified atom stereocenters. The van der Waals surface area contributed by atoms with Gasteiger partial charge in [0, 0.05) is 26.6 Å². The van der Waals surface area contributed by atoms with E-state index in [0.717, 1.165) is 42.9 Å². The lowest BCUT2D eigenvalue weighted by Gasteiger charge is -2.30. The number of benzene rings is 1. The van der Waals surface area contributed by atoms with Crippen molar-refractivity contribution in [1.29, 1.82) is 0 Å². The number of fused-ring (bicyclic) bond motifs is 2. The fraction of sp³-hybridized carbons (Fsp3) is 0.562. The first-order valence-corrected chi connectivity index (χ1v) is 18.4. The van der Waals surface area contributed by atoms with Crippen molar-refractivity contribution < 1.29 is 28.6 Å². The Morgan fingerprint density at radius 1 is 0.900 bits per heavy atom. The van der Waals surface area contributed by atoms with Crippen LogP contribution in [0.3, 0.4) is 0 Å². The van der Waals surface area contributed by atoms with Crippen LogP contribution in [0.2, 0.25) is 25.2 Å². The first-order valence-electron chi connectivity index (χ1n) is 15.0. The highest BCUT2D eigenvalue weighted by Crippen LogP contribution is 2.43. The minimum atomic E-state index is -1.40. The SMILES string of the molecule is CC12CC=CC=C1C(=O)N(CCC[Si](C)(C)CCCCC[N+](C)(C)CCC[NH+]1C(=O)c3ccccc3C1=O)C2=O. The Hall–Kier alpha value is -2.68. The van der Waals surface area contributed by atoms with Gasteiger partial charge in [0.25, 0.3) is 5.91 Å². The van der Waals surface area contributed by atoms with Crippen LogP contribution >= 0.6 is 0 Å². The maximum Gasteiger partial charge on any atom is 0.352 e. The molecule has 1 aliphatic carbocycles. The van der Waals surface area contributed by atoms with Crippen molar-refractivity contribution in [2.75, 3.05) is 40.3 Å². The third-order valence-electron chi connectivity index (χ3n) is 9.22. The van der Waals surface area contributed by atoms with E-state index in [0.29, 0.717) is 41.1 Å². The van der Waals surface area contributed by atoms with Crippen LogP contribution in [0.25, 0.3) is 0 Å². The molecule has 3 aliphatic rings. The van der Waals surface area contributed by atoms with E-state index in [9.17, 15) is 19.2 Å². The number of likely N-dealkylation sites (tertiary alicyclic amines) is 1. The van der Waals surface area contributed by atoms with Crippen LogP contribution in [-0.4, -0.2) is 81.4 Å². The van der Waals surface area contributed by atoms with Crippen molar-refractivity contribution in [1.82, 2.24) is 4.90 Å². The van der Waals surface area contributed by atoms with Crippen molar-refractivity contribution >= 4 is 31.7 Å². The second-order valence-electron chi connectivity index (χ2n) is 13.6. The minimum Gasteiger partial charge on any atom is -0.328 e. The Balaban J connectivity index is 1.11. The molecule has 2 aliphatic heterocycles. The van der Waals surface area contributed by atoms with E-state index in [-0.39, 0.29) is 23.6 Å². The summed E-state index contributed by atoms with van der Waals surface area (Å²) in [6.45, 7) is 9.87. The molecular formula is C32H47N3O4Si+2. The van der Waals surface area contributed by atoms with Crippen LogP contribution < -0.4 is 4.90 Å². The average molecular weight is 566 g/mol. The molecule has 0 bridgehead atoms. The molecule has 1 aromatic rings. The summed E-state index contributed by atoms with van der Waals surface area (Å²) in [4.78, 5) is 53.0. The van der Waals surface area contributed by atoms with E-state index in [1.807, 2.05) is 37.3 Å². The van der Waals surface area contributed by atoms with Gasteiger partial charge in [-0.3, -0.25) is 14.5 Å². The summed E-state index contributed by atoms with van der Waals surface area (Å²) in [5.41, 5.74) is 1.11. The minimum absolute atomic E-state index is 0.0292. The fourth-order valence-corrected chi connectivity index (χ4v) is 9.07. The van der Waals surface area contributed by atoms with Crippen molar-refractivity contribution in [3.63, 3.8) is 0 Å². The van der Waals surface area contributed by atoms with Gasteiger partial charge >= 0.3 is 11.8 Å². The molecule has 0 radical (unpaired) electrons. The van der Waals surface area contributed by atoms with Crippen LogP contribution in [-0.2, 0) is 9.59 Å². The molecule has 2 heterocycles. The van der Waals surface area contributed by atoms with Crippen molar-refractivity contribution in [3.8, 4) is 0 Å². The molecule has 7 nitrogen and oxygen atoms in total. The summed E-state index contributed by atoms with van der Waals surface area (Å²) in [7, 11) is 3.08. The van der Waals surface area contributed by atoms with Gasteiger partial charge in [-0.15, -0.1) is 0 Å². The molecule has 40 heavy (non-hydrogen) atoms. The lowest BCUT2D eigenvalue weighted by molar-refractivity contribution is -0.892. The molecule has 8 heteroatoms. The van der Waals surface area contributed by atoms with Gasteiger partial charge in [-0.25, -0.2) is 14.5 Å². The van der Waals surface area contributed by atoms with E-state index >= 15 is 0 Å². The van der Waals surface area contributed by atoms with Gasteiger partial charge in [0.15, 0.2) is 0 Å². The molecule has 0 saturated carbocycles. The van der Waals surface area contributed by atoms with Crippen LogP contribution in [0.1, 0.15) is 66.2 Å². The quantitative estimate of drug-likeness (QED) is 0.161. The number of nitrogens with one attached hydrogen (secondary N) is 1. The van der Waals surface area contributed by atoms with Crippen LogP contribution in [0.5, 0.6) is 0 Å². The third kappa shape index (κ3) is 6.45. The van der Waals surface area contributed by atoms with E-state index in [1.165, 1.54) is 23.8 Å². The molecular weight excluding hydrogens is 518 g/mol. The van der Waals surface area contributed by atoms with Gasteiger partial charge < -0.3 is 4.48 Å². The lowest BCUT2D eigenvalue weighted by atomic mass is 9.78. The molecule has 1 aromatic carbocycles. The van der Waals surface area contributed by atoms with Gasteiger partial charge in [-0.2, -0.15) is 0 Å². The predicted octanol–water partition coefficient (Wildman–Crippen LogP) is 3.86. The zero-order chi connectivity index (χ0) is 29.1. The van der Waals surface area contributed by atoms with Gasteiger partial charge in [-0.05, 0) is 44.7 Å². The first kappa shape index (κ1) is 30.3. The zero-order valence-corrected chi connectivity index (χ0v) is 26.1. The number of carbonyl (C=O) groups is 4. The van der Waals surface area contributed by atoms with Crippen LogP contribution in [0, 0.1) is 5.41 Å². The van der Waals surface area contributed by atoms with Crippen LogP contribution in [0.15, 0.2) is 48.1 Å². The summed E-state index contributed by atoms with van der Waals surface area (Å²) < 4.78 is 0.895. The number of quaternary nitrogens is 2. The van der Waals surface area contributed by atoms with E-state index in [1.54, 1.807) is 12.1 Å². The maximum absolute atomic E-state index is 13.0. The highest BCUT2D eigenvalue weighted by molar-refractivity contribution is 6.77. The third-order valence-corrected chi connectivity index (χ3v) is 12.6. The average Bonchev–Trinajstić information content (AvgIpc) is 3.26. The second kappa shape index (κ2) is 12.0. The summed E-state index contributed by atoms with van der Waals surface area (Å²) in [6, 6.07) is 9.53. The van der Waals surface area contributed by atoms with E-state index in [4.69, 9.17) is 0 Å². The number of hydrogen-bond acceptors (Lipinski definition) is 4. The molecule has 4 rings (SSSR count). The number of imide groups is 2. The normalized spacial score (nSPS) is 21.3.